The van der Waals surface area contributed by atoms with Crippen LogP contribution in [0.2, 0.25) is 0 Å². The van der Waals surface area contributed by atoms with Crippen LogP contribution in [0.4, 0.5) is 13.2 Å². The first kappa shape index (κ1) is 20.7. The number of hydrogen-bond acceptors (Lipinski definition) is 7. The van der Waals surface area contributed by atoms with Crippen molar-refractivity contribution < 1.29 is 22.0 Å². The number of aryl methyl sites for hydroxylation is 1. The van der Waals surface area contributed by atoms with E-state index in [1.165, 1.54) is 10.9 Å². The van der Waals surface area contributed by atoms with Crippen LogP contribution in [0.3, 0.4) is 0 Å². The van der Waals surface area contributed by atoms with Crippen molar-refractivity contribution in [1.82, 2.24) is 39.3 Å². The van der Waals surface area contributed by atoms with Gasteiger partial charge in [-0.2, -0.15) is 18.3 Å². The molecule has 0 aliphatic heterocycles. The fraction of sp³-hybridized carbons (Fsp3) is 0.308. The molecule has 1 aromatic carbocycles. The molecule has 1 fully saturated rings. The van der Waals surface area contributed by atoms with E-state index in [1.54, 1.807) is 48.3 Å². The average molecular weight is 524 g/mol. The van der Waals surface area contributed by atoms with E-state index in [2.05, 4.69) is 25.0 Å². The van der Waals surface area contributed by atoms with E-state index in [4.69, 9.17) is 13.8 Å². The van der Waals surface area contributed by atoms with Gasteiger partial charge >= 0.3 is 6.18 Å². The van der Waals surface area contributed by atoms with Crippen molar-refractivity contribution in [1.29, 1.82) is 0 Å². The second-order valence-electron chi connectivity index (χ2n) is 9.02. The number of fused-ring (bicyclic) bond motifs is 1. The molecule has 1 aliphatic carbocycles. The van der Waals surface area contributed by atoms with E-state index in [9.17, 15) is 13.2 Å². The lowest BCUT2D eigenvalue weighted by Crippen LogP contribution is -2.05. The summed E-state index contributed by atoms with van der Waals surface area (Å²) >= 11 is 0. The molecular weight excluding hydrogens is 497 g/mol. The van der Waals surface area contributed by atoms with Crippen LogP contribution in [-0.2, 0) is 19.3 Å². The predicted molar refractivity (Wildman–Crippen MR) is 132 cm³/mol. The standard InChI is InChI=1S/C26H23F3N8O/c1-3-36-13-19(26(27,28)29)34-23(36)17-6-4-15(5-7-17)12-37-24-18(11-33-37)10-30-22(35-24)20-21(16-8-9-16)31-14-32-25(20)38-2/h4-7,10-11,13-14,16H,3,8-9,12H2,1-2H3/i2D3. The van der Waals surface area contributed by atoms with Crippen molar-refractivity contribution in [2.75, 3.05) is 7.04 Å². The SMILES string of the molecule is [2H]C([2H])([2H])Oc1ncnc(C2CC2)c1-c1ncc2cnn(Cc3ccc(-c4nc(C(F)(F)F)cn4CC)cc3)c2n1. The van der Waals surface area contributed by atoms with Crippen molar-refractivity contribution in [3.8, 4) is 28.7 Å². The molecule has 1 saturated carbocycles. The third-order valence-electron chi connectivity index (χ3n) is 6.45. The van der Waals surface area contributed by atoms with E-state index < -0.39 is 18.9 Å². The number of alkyl halides is 3. The summed E-state index contributed by atoms with van der Waals surface area (Å²) in [7, 11) is -2.72. The number of imidazole rings is 1. The zero-order valence-corrected chi connectivity index (χ0v) is 20.1. The quantitative estimate of drug-likeness (QED) is 0.292. The molecule has 5 aromatic rings. The van der Waals surface area contributed by atoms with Crippen LogP contribution >= 0.6 is 0 Å². The fourth-order valence-electron chi connectivity index (χ4n) is 4.39. The van der Waals surface area contributed by atoms with Crippen LogP contribution in [0.25, 0.3) is 33.8 Å². The summed E-state index contributed by atoms with van der Waals surface area (Å²) in [5.41, 5.74) is 1.94. The first-order chi connectivity index (χ1) is 19.5. The van der Waals surface area contributed by atoms with Crippen LogP contribution in [0, 0.1) is 0 Å². The van der Waals surface area contributed by atoms with Gasteiger partial charge in [0.15, 0.2) is 17.2 Å². The van der Waals surface area contributed by atoms with Crippen LogP contribution in [0.5, 0.6) is 5.88 Å². The van der Waals surface area contributed by atoms with Crippen molar-refractivity contribution in [3.63, 3.8) is 0 Å². The maximum atomic E-state index is 13.2. The molecule has 0 N–H and O–H groups in total. The lowest BCUT2D eigenvalue weighted by molar-refractivity contribution is -0.140. The Morgan fingerprint density at radius 2 is 1.89 bits per heavy atom. The van der Waals surface area contributed by atoms with Gasteiger partial charge in [0.05, 0.1) is 35.0 Å². The second kappa shape index (κ2) is 9.19. The highest BCUT2D eigenvalue weighted by molar-refractivity contribution is 5.77. The summed E-state index contributed by atoms with van der Waals surface area (Å²) in [4.78, 5) is 21.4. The Morgan fingerprint density at radius 3 is 2.61 bits per heavy atom. The molecule has 12 heteroatoms. The van der Waals surface area contributed by atoms with E-state index in [0.29, 0.717) is 40.9 Å². The molecular formula is C26H23F3N8O. The minimum atomic E-state index is -4.53. The molecule has 6 rings (SSSR count). The third kappa shape index (κ3) is 4.35. The van der Waals surface area contributed by atoms with Gasteiger partial charge in [0.2, 0.25) is 5.88 Å². The summed E-state index contributed by atoms with van der Waals surface area (Å²) < 4.78 is 70.6. The molecule has 0 amide bonds. The van der Waals surface area contributed by atoms with Gasteiger partial charge in [-0.25, -0.2) is 29.6 Å². The topological polar surface area (TPSA) is 96.4 Å². The Balaban J connectivity index is 1.32. The average Bonchev–Trinajstić information content (AvgIpc) is 3.55. The highest BCUT2D eigenvalue weighted by Crippen LogP contribution is 2.44. The van der Waals surface area contributed by atoms with Crippen molar-refractivity contribution in [3.05, 3.63) is 66.1 Å². The maximum Gasteiger partial charge on any atom is 0.434 e. The first-order valence-corrected chi connectivity index (χ1v) is 12.0. The molecule has 0 spiro atoms. The van der Waals surface area contributed by atoms with E-state index in [0.717, 1.165) is 24.6 Å². The third-order valence-corrected chi connectivity index (χ3v) is 6.45. The van der Waals surface area contributed by atoms with Gasteiger partial charge in [-0.05, 0) is 25.3 Å². The summed E-state index contributed by atoms with van der Waals surface area (Å²) in [6.07, 6.45) is 2.79. The number of benzene rings is 1. The van der Waals surface area contributed by atoms with Crippen LogP contribution < -0.4 is 4.74 Å². The molecule has 4 aromatic heterocycles. The van der Waals surface area contributed by atoms with E-state index in [1.807, 2.05) is 0 Å². The van der Waals surface area contributed by atoms with Gasteiger partial charge in [-0.1, -0.05) is 24.3 Å². The molecule has 0 atom stereocenters. The molecule has 0 unspecified atom stereocenters. The minimum Gasteiger partial charge on any atom is -0.480 e. The summed E-state index contributed by atoms with van der Waals surface area (Å²) in [6.45, 7) is 2.41. The van der Waals surface area contributed by atoms with Gasteiger partial charge in [0.25, 0.3) is 0 Å². The highest BCUT2D eigenvalue weighted by atomic mass is 19.4. The summed E-state index contributed by atoms with van der Waals surface area (Å²) in [5.74, 6) is 0.496. The number of nitrogens with zero attached hydrogens (tertiary/aromatic N) is 8. The van der Waals surface area contributed by atoms with Gasteiger partial charge < -0.3 is 9.30 Å². The molecule has 9 nitrogen and oxygen atoms in total. The molecule has 0 bridgehead atoms. The van der Waals surface area contributed by atoms with Gasteiger partial charge in [0, 0.05) is 30.4 Å². The molecule has 38 heavy (non-hydrogen) atoms. The molecule has 0 saturated heterocycles. The van der Waals surface area contributed by atoms with Crippen molar-refractivity contribution in [2.45, 2.75) is 44.9 Å². The number of hydrogen-bond donors (Lipinski definition) is 0. The van der Waals surface area contributed by atoms with Gasteiger partial charge in [0.1, 0.15) is 17.7 Å². The normalized spacial score (nSPS) is 15.3. The van der Waals surface area contributed by atoms with Crippen molar-refractivity contribution in [2.24, 2.45) is 0 Å². The maximum absolute atomic E-state index is 13.2. The molecule has 1 aliphatic rings. The monoisotopic (exact) mass is 523 g/mol. The second-order valence-corrected chi connectivity index (χ2v) is 9.02. The highest BCUT2D eigenvalue weighted by Gasteiger charge is 2.35. The van der Waals surface area contributed by atoms with E-state index >= 15 is 0 Å². The number of rotatable bonds is 7. The summed E-state index contributed by atoms with van der Waals surface area (Å²) in [5, 5.41) is 5.10. The number of methoxy groups -OCH3 is 1. The van der Waals surface area contributed by atoms with Crippen molar-refractivity contribution >= 4 is 11.0 Å². The van der Waals surface area contributed by atoms with E-state index in [-0.39, 0.29) is 23.4 Å². The van der Waals surface area contributed by atoms with Gasteiger partial charge in [-0.15, -0.1) is 0 Å². The first-order valence-electron chi connectivity index (χ1n) is 13.5. The summed E-state index contributed by atoms with van der Waals surface area (Å²) in [6, 6.07) is 7.03. The molecule has 194 valence electrons. The van der Waals surface area contributed by atoms with Gasteiger partial charge in [-0.3, -0.25) is 0 Å². The number of ether oxygens (including phenoxy) is 1. The Hall–Kier alpha value is -4.35. The van der Waals surface area contributed by atoms with Crippen LogP contribution in [0.1, 0.15) is 46.7 Å². The Labute approximate surface area is 219 Å². The Kier molecular flexibility index (Phi) is 5.00. The zero-order valence-electron chi connectivity index (χ0n) is 23.1. The minimum absolute atomic E-state index is 0.109. The lowest BCUT2D eigenvalue weighted by Gasteiger charge is -2.11. The number of halogens is 3. The molecule has 0 radical (unpaired) electrons. The molecule has 4 heterocycles. The Bertz CT molecular complexity index is 1730. The van der Waals surface area contributed by atoms with Crippen LogP contribution in [0.15, 0.2) is 49.2 Å². The largest absolute Gasteiger partial charge is 0.480 e. The zero-order chi connectivity index (χ0) is 28.9. The van der Waals surface area contributed by atoms with Crippen LogP contribution in [-0.4, -0.2) is 46.3 Å². The lowest BCUT2D eigenvalue weighted by atomic mass is 10.1. The number of aromatic nitrogens is 8. The predicted octanol–water partition coefficient (Wildman–Crippen LogP) is 5.12. The Morgan fingerprint density at radius 1 is 1.08 bits per heavy atom. The smallest absolute Gasteiger partial charge is 0.434 e. The fourth-order valence-corrected chi connectivity index (χ4v) is 4.39.